The van der Waals surface area contributed by atoms with Gasteiger partial charge in [0.2, 0.25) is 0 Å². The Labute approximate surface area is 199 Å². The monoisotopic (exact) mass is 489 g/mol. The van der Waals surface area contributed by atoms with Crippen LogP contribution in [-0.2, 0) is 12.6 Å². The molecule has 4 rings (SSSR count). The molecule has 1 aliphatic heterocycles. The Kier molecular flexibility index (Phi) is 6.24. The summed E-state index contributed by atoms with van der Waals surface area (Å²) in [6.45, 7) is 4.99. The summed E-state index contributed by atoms with van der Waals surface area (Å²) in [5.41, 5.74) is 8.35. The number of amidine groups is 1. The third-order valence-corrected chi connectivity index (χ3v) is 6.69. The van der Waals surface area contributed by atoms with Crippen LogP contribution in [0.4, 0.5) is 23.2 Å². The first-order valence-corrected chi connectivity index (χ1v) is 11.3. The minimum atomic E-state index is -4.37. The van der Waals surface area contributed by atoms with Crippen molar-refractivity contribution in [2.45, 2.75) is 31.3 Å². The summed E-state index contributed by atoms with van der Waals surface area (Å²) < 4.78 is 55.3. The lowest BCUT2D eigenvalue weighted by molar-refractivity contribution is -0.137. The molecule has 9 heteroatoms. The molecule has 0 spiro atoms. The van der Waals surface area contributed by atoms with Gasteiger partial charge in [-0.25, -0.2) is 4.39 Å². The molecular formula is C25H23F4N3OS. The number of benzene rings is 3. The molecule has 3 aromatic rings. The van der Waals surface area contributed by atoms with Gasteiger partial charge in [0.05, 0.1) is 16.8 Å². The lowest BCUT2D eigenvalue weighted by Gasteiger charge is -2.40. The maximum Gasteiger partial charge on any atom is 0.416 e. The van der Waals surface area contributed by atoms with Crippen LogP contribution in [0.5, 0.6) is 0 Å². The molecule has 1 heterocycles. The lowest BCUT2D eigenvalue weighted by atomic mass is 9.81. The van der Waals surface area contributed by atoms with Crippen molar-refractivity contribution in [1.29, 1.82) is 0 Å². The average molecular weight is 490 g/mol. The van der Waals surface area contributed by atoms with Crippen molar-refractivity contribution < 1.29 is 22.8 Å². The van der Waals surface area contributed by atoms with Gasteiger partial charge in [0.1, 0.15) is 5.82 Å². The van der Waals surface area contributed by atoms with Crippen molar-refractivity contribution in [2.75, 3.05) is 10.8 Å². The van der Waals surface area contributed by atoms with Crippen LogP contribution < -0.4 is 10.0 Å². The van der Waals surface area contributed by atoms with Gasteiger partial charge in [0.25, 0.3) is 0 Å². The predicted octanol–water partition coefficient (Wildman–Crippen LogP) is 6.70. The van der Waals surface area contributed by atoms with Crippen LogP contribution in [0.2, 0.25) is 0 Å². The smallest absolute Gasteiger partial charge is 0.409 e. The minimum absolute atomic E-state index is 0.0207. The van der Waals surface area contributed by atoms with Crippen LogP contribution in [0.3, 0.4) is 0 Å². The minimum Gasteiger partial charge on any atom is -0.409 e. The molecule has 0 bridgehead atoms. The van der Waals surface area contributed by atoms with Crippen LogP contribution in [0.25, 0.3) is 11.1 Å². The van der Waals surface area contributed by atoms with Gasteiger partial charge in [-0.05, 0) is 82.9 Å². The molecular weight excluding hydrogens is 466 g/mol. The van der Waals surface area contributed by atoms with Gasteiger partial charge in [0.15, 0.2) is 5.84 Å². The molecule has 4 nitrogen and oxygen atoms in total. The van der Waals surface area contributed by atoms with E-state index in [4.69, 9.17) is 10.9 Å². The van der Waals surface area contributed by atoms with Gasteiger partial charge in [-0.15, -0.1) is 0 Å². The Morgan fingerprint density at radius 1 is 1.03 bits per heavy atom. The Morgan fingerprint density at radius 2 is 1.71 bits per heavy atom. The first kappa shape index (κ1) is 23.9. The molecule has 3 aromatic carbocycles. The van der Waals surface area contributed by atoms with E-state index in [-0.39, 0.29) is 16.8 Å². The standard InChI is InChI=1S/C25H23F4N3OS/c1-24(2)13-17-11-16(15-3-6-18(7-4-15)25(27,28)29)5-10-22(17)32(14-24)34-19-8-9-20(21(26)12-19)23(30)31-33/h3-12,33H,13-14H2,1-2H3,(H2,30,31). The number of rotatable bonds is 4. The van der Waals surface area contributed by atoms with Gasteiger partial charge in [0, 0.05) is 11.4 Å². The van der Waals surface area contributed by atoms with Gasteiger partial charge in [-0.1, -0.05) is 37.2 Å². The van der Waals surface area contributed by atoms with Crippen LogP contribution in [-0.4, -0.2) is 17.6 Å². The summed E-state index contributed by atoms with van der Waals surface area (Å²) in [5.74, 6) is -0.885. The number of nitrogens with two attached hydrogens (primary N) is 1. The number of nitrogens with zero attached hydrogens (tertiary/aromatic N) is 2. The summed E-state index contributed by atoms with van der Waals surface area (Å²) in [4.78, 5) is 0.655. The van der Waals surface area contributed by atoms with Gasteiger partial charge >= 0.3 is 6.18 Å². The lowest BCUT2D eigenvalue weighted by Crippen LogP contribution is -2.36. The molecule has 0 saturated carbocycles. The van der Waals surface area contributed by atoms with Crippen molar-refractivity contribution in [1.82, 2.24) is 0 Å². The SMILES string of the molecule is CC1(C)Cc2cc(-c3ccc(C(F)(F)F)cc3)ccc2N(Sc2ccc(C(N)=NO)c(F)c2)C1. The highest BCUT2D eigenvalue weighted by molar-refractivity contribution is 8.00. The van der Waals surface area contributed by atoms with Crippen molar-refractivity contribution in [3.63, 3.8) is 0 Å². The zero-order valence-corrected chi connectivity index (χ0v) is 19.3. The number of anilines is 1. The summed E-state index contributed by atoms with van der Waals surface area (Å²) in [6, 6.07) is 15.5. The molecule has 0 amide bonds. The summed E-state index contributed by atoms with van der Waals surface area (Å²) in [6.07, 6.45) is -3.57. The average Bonchev–Trinajstić information content (AvgIpc) is 2.77. The number of oxime groups is 1. The predicted molar refractivity (Wildman–Crippen MR) is 126 cm³/mol. The van der Waals surface area contributed by atoms with Gasteiger partial charge in [-0.3, -0.25) is 0 Å². The van der Waals surface area contributed by atoms with Crippen LogP contribution >= 0.6 is 11.9 Å². The second-order valence-corrected chi connectivity index (χ2v) is 10.1. The van der Waals surface area contributed by atoms with E-state index in [1.807, 2.05) is 18.2 Å². The third kappa shape index (κ3) is 4.99. The Bertz CT molecular complexity index is 1240. The maximum absolute atomic E-state index is 14.5. The first-order chi connectivity index (χ1) is 16.0. The molecule has 1 aliphatic rings. The Morgan fingerprint density at radius 3 is 2.32 bits per heavy atom. The molecule has 0 aromatic heterocycles. The zero-order valence-electron chi connectivity index (χ0n) is 18.5. The van der Waals surface area contributed by atoms with Crippen molar-refractivity contribution in [3.8, 4) is 11.1 Å². The van der Waals surface area contributed by atoms with E-state index in [0.29, 0.717) is 17.0 Å². The summed E-state index contributed by atoms with van der Waals surface area (Å²) in [5, 5.41) is 11.6. The van der Waals surface area contributed by atoms with E-state index < -0.39 is 17.6 Å². The normalized spacial score (nSPS) is 15.8. The molecule has 3 N–H and O–H groups in total. The number of alkyl halides is 3. The largest absolute Gasteiger partial charge is 0.416 e. The molecule has 178 valence electrons. The van der Waals surface area contributed by atoms with Crippen molar-refractivity contribution in [3.05, 3.63) is 83.2 Å². The molecule has 0 unspecified atom stereocenters. The molecule has 0 saturated heterocycles. The number of hydrogen-bond acceptors (Lipinski definition) is 4. The fourth-order valence-corrected chi connectivity index (χ4v) is 5.30. The van der Waals surface area contributed by atoms with E-state index in [1.165, 1.54) is 36.2 Å². The number of halogens is 4. The Balaban J connectivity index is 1.64. The molecule has 0 radical (unpaired) electrons. The van der Waals surface area contributed by atoms with E-state index in [0.717, 1.165) is 35.4 Å². The van der Waals surface area contributed by atoms with Gasteiger partial charge < -0.3 is 15.2 Å². The van der Waals surface area contributed by atoms with E-state index in [2.05, 4.69) is 23.3 Å². The fourth-order valence-electron chi connectivity index (χ4n) is 4.07. The Hall–Kier alpha value is -3.20. The summed E-state index contributed by atoms with van der Waals surface area (Å²) >= 11 is 1.38. The van der Waals surface area contributed by atoms with Gasteiger partial charge in [-0.2, -0.15) is 13.2 Å². The highest BCUT2D eigenvalue weighted by Gasteiger charge is 2.32. The first-order valence-electron chi connectivity index (χ1n) is 10.5. The van der Waals surface area contributed by atoms with Crippen molar-refractivity contribution in [2.24, 2.45) is 16.3 Å². The third-order valence-electron chi connectivity index (χ3n) is 5.67. The quantitative estimate of drug-likeness (QED) is 0.107. The van der Waals surface area contributed by atoms with Crippen LogP contribution in [0.15, 0.2) is 70.7 Å². The van der Waals surface area contributed by atoms with E-state index in [1.54, 1.807) is 6.07 Å². The maximum atomic E-state index is 14.5. The zero-order chi connectivity index (χ0) is 24.7. The van der Waals surface area contributed by atoms with E-state index in [9.17, 15) is 17.6 Å². The fraction of sp³-hybridized carbons (Fsp3) is 0.240. The van der Waals surface area contributed by atoms with E-state index >= 15 is 0 Å². The molecule has 0 atom stereocenters. The topological polar surface area (TPSA) is 61.8 Å². The number of hydrogen-bond donors (Lipinski definition) is 2. The van der Waals surface area contributed by atoms with Crippen LogP contribution in [0.1, 0.15) is 30.5 Å². The molecule has 0 fully saturated rings. The second-order valence-electron chi connectivity index (χ2n) is 9.01. The summed E-state index contributed by atoms with van der Waals surface area (Å²) in [7, 11) is 0. The molecule has 34 heavy (non-hydrogen) atoms. The number of fused-ring (bicyclic) bond motifs is 1. The second kappa shape index (κ2) is 8.87. The highest BCUT2D eigenvalue weighted by atomic mass is 32.2. The highest BCUT2D eigenvalue weighted by Crippen LogP contribution is 2.43. The van der Waals surface area contributed by atoms with Crippen molar-refractivity contribution >= 4 is 23.5 Å². The van der Waals surface area contributed by atoms with Crippen LogP contribution in [0, 0.1) is 11.2 Å². The molecule has 0 aliphatic carbocycles.